The van der Waals surface area contributed by atoms with Gasteiger partial charge in [0.05, 0.1) is 49.7 Å². The van der Waals surface area contributed by atoms with Crippen LogP contribution in [-0.2, 0) is 11.3 Å². The van der Waals surface area contributed by atoms with Crippen LogP contribution < -0.4 is 15.6 Å². The van der Waals surface area contributed by atoms with Crippen molar-refractivity contribution in [1.29, 1.82) is 0 Å². The summed E-state index contributed by atoms with van der Waals surface area (Å²) in [5.41, 5.74) is 6.52. The van der Waals surface area contributed by atoms with Gasteiger partial charge in [-0.15, -0.1) is 0 Å². The number of rotatable bonds is 8. The number of anilines is 3. The van der Waals surface area contributed by atoms with Gasteiger partial charge in [-0.05, 0) is 42.0 Å². The van der Waals surface area contributed by atoms with Gasteiger partial charge in [0.15, 0.2) is 17.5 Å². The Morgan fingerprint density at radius 2 is 1.89 bits per heavy atom. The lowest BCUT2D eigenvalue weighted by atomic mass is 10.0. The average Bonchev–Trinajstić information content (AvgIpc) is 2.93. The summed E-state index contributed by atoms with van der Waals surface area (Å²) in [7, 11) is 0. The molecule has 1 aliphatic heterocycles. The van der Waals surface area contributed by atoms with Gasteiger partial charge in [-0.3, -0.25) is 4.98 Å². The Kier molecular flexibility index (Phi) is 7.91. The first kappa shape index (κ1) is 25.4. The van der Waals surface area contributed by atoms with E-state index in [-0.39, 0.29) is 18.1 Å². The summed E-state index contributed by atoms with van der Waals surface area (Å²) in [6, 6.07) is 16.3. The molecule has 0 spiro atoms. The summed E-state index contributed by atoms with van der Waals surface area (Å²) >= 11 is 6.32. The molecule has 1 aliphatic rings. The highest BCUT2D eigenvalue weighted by molar-refractivity contribution is 6.31. The van der Waals surface area contributed by atoms with Crippen LogP contribution in [0.4, 0.5) is 21.6 Å². The van der Waals surface area contributed by atoms with Crippen LogP contribution in [0.25, 0.3) is 11.1 Å². The summed E-state index contributed by atoms with van der Waals surface area (Å²) in [4.78, 5) is 14.6. The van der Waals surface area contributed by atoms with Gasteiger partial charge in [-0.1, -0.05) is 29.8 Å². The molecule has 0 saturated carbocycles. The summed E-state index contributed by atoms with van der Waals surface area (Å²) in [5, 5.41) is 18.2. The summed E-state index contributed by atoms with van der Waals surface area (Å²) in [6.07, 6.45) is 4.43. The van der Waals surface area contributed by atoms with Crippen LogP contribution in [0, 0.1) is 5.82 Å². The molecule has 194 valence electrons. The molecule has 0 aliphatic carbocycles. The number of aromatic hydroxyl groups is 1. The maximum Gasteiger partial charge on any atom is 0.183 e. The molecule has 0 bridgehead atoms. The Hall–Kier alpha value is -4.28. The van der Waals surface area contributed by atoms with Gasteiger partial charge < -0.3 is 25.5 Å². The van der Waals surface area contributed by atoms with Crippen molar-refractivity contribution in [1.82, 2.24) is 20.4 Å². The first-order valence-electron chi connectivity index (χ1n) is 12.0. The molecule has 0 radical (unpaired) electrons. The molecular formula is C27H25ClFN7O2. The number of phenolic OH excluding ortho intramolecular Hbond substituents is 1. The molecule has 0 atom stereocenters. The monoisotopic (exact) mass is 533 g/mol. The van der Waals surface area contributed by atoms with Gasteiger partial charge in [0.2, 0.25) is 0 Å². The number of morpholine rings is 1. The molecule has 1 saturated heterocycles. The van der Waals surface area contributed by atoms with Crippen molar-refractivity contribution < 1.29 is 14.2 Å². The van der Waals surface area contributed by atoms with E-state index in [1.54, 1.807) is 36.7 Å². The average molecular weight is 534 g/mol. The molecule has 1 fully saturated rings. The van der Waals surface area contributed by atoms with Crippen molar-refractivity contribution in [3.05, 3.63) is 89.3 Å². The molecule has 0 amide bonds. The maximum absolute atomic E-state index is 14.2. The number of hydrogen-bond donors (Lipinski definition) is 3. The number of hydrogen-bond acceptors (Lipinski definition) is 9. The standard InChI is InChI=1S/C27H25ClFN7O2/c28-19-11-18(23-3-1-2-4-25(23)37)12-22(13-19)34-21-6-5-20(30-14-21)15-32-33-17-26-31-16-24(29)27(35-26)36-7-9-38-10-8-36/h1-6,11-16,33-34,37H,7-10,17H2/b32-15+. The number of nitrogens with zero attached hydrogens (tertiary/aromatic N) is 5. The van der Waals surface area contributed by atoms with Crippen LogP contribution in [0.3, 0.4) is 0 Å². The minimum Gasteiger partial charge on any atom is -0.507 e. The fourth-order valence-electron chi connectivity index (χ4n) is 3.96. The number of benzene rings is 2. The Labute approximate surface area is 224 Å². The third kappa shape index (κ3) is 6.34. The van der Waals surface area contributed by atoms with Crippen molar-refractivity contribution in [2.75, 3.05) is 36.5 Å². The number of aromatic nitrogens is 3. The Morgan fingerprint density at radius 3 is 2.68 bits per heavy atom. The molecule has 3 heterocycles. The van der Waals surface area contributed by atoms with E-state index in [9.17, 15) is 9.50 Å². The molecule has 0 unspecified atom stereocenters. The topological polar surface area (TPSA) is 108 Å². The van der Waals surface area contributed by atoms with E-state index in [0.29, 0.717) is 48.4 Å². The maximum atomic E-state index is 14.2. The highest BCUT2D eigenvalue weighted by Crippen LogP contribution is 2.33. The lowest BCUT2D eigenvalue weighted by molar-refractivity contribution is 0.122. The zero-order valence-electron chi connectivity index (χ0n) is 20.3. The third-order valence-electron chi connectivity index (χ3n) is 5.80. The highest BCUT2D eigenvalue weighted by Gasteiger charge is 2.17. The molecule has 2 aromatic heterocycles. The van der Waals surface area contributed by atoms with Gasteiger partial charge in [-0.2, -0.15) is 5.10 Å². The summed E-state index contributed by atoms with van der Waals surface area (Å²) in [5.74, 6) is 0.441. The zero-order valence-corrected chi connectivity index (χ0v) is 21.1. The van der Waals surface area contributed by atoms with Crippen molar-refractivity contribution in [3.8, 4) is 16.9 Å². The van der Waals surface area contributed by atoms with Crippen LogP contribution in [0.1, 0.15) is 11.5 Å². The van der Waals surface area contributed by atoms with Crippen molar-refractivity contribution in [2.24, 2.45) is 5.10 Å². The lowest BCUT2D eigenvalue weighted by Crippen LogP contribution is -2.37. The smallest absolute Gasteiger partial charge is 0.183 e. The molecule has 11 heteroatoms. The molecule has 4 aromatic rings. The van der Waals surface area contributed by atoms with Gasteiger partial charge in [-0.25, -0.2) is 14.4 Å². The number of ether oxygens (including phenoxy) is 1. The number of para-hydroxylation sites is 1. The molecule has 3 N–H and O–H groups in total. The third-order valence-corrected chi connectivity index (χ3v) is 6.02. The largest absolute Gasteiger partial charge is 0.507 e. The van der Waals surface area contributed by atoms with E-state index in [4.69, 9.17) is 16.3 Å². The van der Waals surface area contributed by atoms with Crippen molar-refractivity contribution >= 4 is 35.0 Å². The molecule has 5 rings (SSSR count). The van der Waals surface area contributed by atoms with E-state index >= 15 is 0 Å². The number of hydrazone groups is 1. The second-order valence-electron chi connectivity index (χ2n) is 8.49. The van der Waals surface area contributed by atoms with Crippen LogP contribution in [0.2, 0.25) is 5.02 Å². The van der Waals surface area contributed by atoms with E-state index in [2.05, 4.69) is 30.8 Å². The van der Waals surface area contributed by atoms with Gasteiger partial charge in [0.1, 0.15) is 5.75 Å². The minimum absolute atomic E-state index is 0.183. The second kappa shape index (κ2) is 11.8. The predicted molar refractivity (Wildman–Crippen MR) is 146 cm³/mol. The number of nitrogens with one attached hydrogen (secondary N) is 2. The number of phenols is 1. The molecule has 2 aromatic carbocycles. The highest BCUT2D eigenvalue weighted by atomic mass is 35.5. The summed E-state index contributed by atoms with van der Waals surface area (Å²) in [6.45, 7) is 2.50. The van der Waals surface area contributed by atoms with Crippen molar-refractivity contribution in [2.45, 2.75) is 6.54 Å². The summed E-state index contributed by atoms with van der Waals surface area (Å²) < 4.78 is 19.5. The predicted octanol–water partition coefficient (Wildman–Crippen LogP) is 4.74. The minimum atomic E-state index is -0.454. The molecule has 9 nitrogen and oxygen atoms in total. The first-order chi connectivity index (χ1) is 18.5. The van der Waals surface area contributed by atoms with E-state index < -0.39 is 5.82 Å². The van der Waals surface area contributed by atoms with Gasteiger partial charge >= 0.3 is 0 Å². The molecular weight excluding hydrogens is 509 g/mol. The number of halogens is 2. The normalized spacial score (nSPS) is 13.6. The Morgan fingerprint density at radius 1 is 1.05 bits per heavy atom. The lowest BCUT2D eigenvalue weighted by Gasteiger charge is -2.28. The second-order valence-corrected chi connectivity index (χ2v) is 8.93. The Bertz CT molecular complexity index is 1430. The van der Waals surface area contributed by atoms with E-state index in [1.165, 1.54) is 6.20 Å². The Balaban J connectivity index is 1.18. The van der Waals surface area contributed by atoms with Crippen LogP contribution >= 0.6 is 11.6 Å². The fraction of sp³-hybridized carbons (Fsp3) is 0.185. The van der Waals surface area contributed by atoms with Gasteiger partial charge in [0, 0.05) is 29.4 Å². The zero-order chi connectivity index (χ0) is 26.3. The number of pyridine rings is 1. The van der Waals surface area contributed by atoms with Gasteiger partial charge in [0.25, 0.3) is 0 Å². The van der Waals surface area contributed by atoms with E-state index in [1.807, 2.05) is 35.2 Å². The van der Waals surface area contributed by atoms with Crippen LogP contribution in [0.15, 0.2) is 72.1 Å². The quantitative estimate of drug-likeness (QED) is 0.220. The fourth-order valence-corrected chi connectivity index (χ4v) is 4.20. The van der Waals surface area contributed by atoms with Crippen LogP contribution in [0.5, 0.6) is 5.75 Å². The van der Waals surface area contributed by atoms with Crippen LogP contribution in [-0.4, -0.2) is 52.6 Å². The SMILES string of the molecule is Oc1ccccc1-c1cc(Cl)cc(Nc2ccc(/C=N/NCc3ncc(F)c(N4CCOCC4)n3)nc2)c1. The van der Waals surface area contributed by atoms with Crippen molar-refractivity contribution in [3.63, 3.8) is 0 Å². The first-order valence-corrected chi connectivity index (χ1v) is 12.3. The van der Waals surface area contributed by atoms with E-state index in [0.717, 1.165) is 16.9 Å². The molecule has 38 heavy (non-hydrogen) atoms.